The number of hydrogen-bond donors (Lipinski definition) is 2. The Labute approximate surface area is 215 Å². The van der Waals surface area contributed by atoms with Crippen LogP contribution in [0, 0.1) is 22.7 Å². The van der Waals surface area contributed by atoms with Gasteiger partial charge in [-0.15, -0.1) is 0 Å². The van der Waals surface area contributed by atoms with E-state index in [0.29, 0.717) is 17.0 Å². The minimum atomic E-state index is -0.559. The second kappa shape index (κ2) is 9.69. The molecule has 1 spiro atoms. The van der Waals surface area contributed by atoms with Crippen molar-refractivity contribution in [1.82, 2.24) is 20.1 Å². The Balaban J connectivity index is 1.18. The third-order valence-electron chi connectivity index (χ3n) is 7.17. The lowest BCUT2D eigenvalue weighted by molar-refractivity contribution is -0.0848. The number of primary amides is 1. The van der Waals surface area contributed by atoms with Crippen LogP contribution in [-0.2, 0) is 6.54 Å². The van der Waals surface area contributed by atoms with Crippen molar-refractivity contribution in [2.75, 3.05) is 0 Å². The standard InChI is InChI=1S/C28H30N6O3/c1-17(2)15-34-16-21(14-32-34)19-6-18(13-29)7-20(8-19)26(36)33-22-9-28(10-22)11-23(12-28)37-27-24(25(30)35)4-3-5-31-27/h3-8,14,16-17,22-23H,9-12,15H2,1-2H3,(H2,30,35)(H,33,36). The predicted molar refractivity (Wildman–Crippen MR) is 137 cm³/mol. The molecule has 0 bridgehead atoms. The molecule has 3 N–H and O–H groups in total. The summed E-state index contributed by atoms with van der Waals surface area (Å²) in [6, 6.07) is 10.7. The molecule has 0 saturated heterocycles. The van der Waals surface area contributed by atoms with Gasteiger partial charge in [-0.3, -0.25) is 14.3 Å². The fourth-order valence-corrected chi connectivity index (χ4v) is 5.49. The van der Waals surface area contributed by atoms with Gasteiger partial charge in [0.15, 0.2) is 0 Å². The Kier molecular flexibility index (Phi) is 6.42. The first-order valence-electron chi connectivity index (χ1n) is 12.5. The molecule has 5 rings (SSSR count). The number of aromatic nitrogens is 3. The minimum absolute atomic E-state index is 0.0175. The lowest BCUT2D eigenvalue weighted by atomic mass is 9.53. The van der Waals surface area contributed by atoms with Gasteiger partial charge in [-0.05, 0) is 72.9 Å². The highest BCUT2D eigenvalue weighted by molar-refractivity contribution is 5.96. The molecule has 2 saturated carbocycles. The van der Waals surface area contributed by atoms with Gasteiger partial charge in [-0.25, -0.2) is 4.98 Å². The Bertz CT molecular complexity index is 1370. The van der Waals surface area contributed by atoms with Crippen molar-refractivity contribution in [1.29, 1.82) is 5.26 Å². The number of ether oxygens (including phenoxy) is 1. The predicted octanol–water partition coefficient (Wildman–Crippen LogP) is 3.69. The SMILES string of the molecule is CC(C)Cn1cc(-c2cc(C#N)cc(C(=O)NC3CC4(C3)CC(Oc3ncccc3C(N)=O)C4)c2)cn1. The summed E-state index contributed by atoms with van der Waals surface area (Å²) in [6.07, 6.45) is 8.71. The molecule has 0 radical (unpaired) electrons. The molecular weight excluding hydrogens is 468 g/mol. The lowest BCUT2D eigenvalue weighted by Gasteiger charge is -2.57. The van der Waals surface area contributed by atoms with Crippen LogP contribution in [0.5, 0.6) is 5.88 Å². The van der Waals surface area contributed by atoms with Gasteiger partial charge in [0.05, 0.1) is 17.8 Å². The number of rotatable bonds is 8. The van der Waals surface area contributed by atoms with Gasteiger partial charge >= 0.3 is 0 Å². The number of nitrogens with zero attached hydrogens (tertiary/aromatic N) is 4. The number of amides is 2. The van der Waals surface area contributed by atoms with E-state index in [4.69, 9.17) is 10.5 Å². The maximum atomic E-state index is 13.1. The molecule has 37 heavy (non-hydrogen) atoms. The maximum Gasteiger partial charge on any atom is 0.254 e. The molecule has 3 aromatic rings. The fraction of sp³-hybridized carbons (Fsp3) is 0.393. The summed E-state index contributed by atoms with van der Waals surface area (Å²) in [5, 5.41) is 17.0. The minimum Gasteiger partial charge on any atom is -0.474 e. The van der Waals surface area contributed by atoms with E-state index in [0.717, 1.165) is 43.4 Å². The van der Waals surface area contributed by atoms with Gasteiger partial charge in [0.25, 0.3) is 11.8 Å². The quantitative estimate of drug-likeness (QED) is 0.486. The summed E-state index contributed by atoms with van der Waals surface area (Å²) in [5.41, 5.74) is 8.43. The Morgan fingerprint density at radius 1 is 1.24 bits per heavy atom. The molecule has 0 atom stereocenters. The molecule has 0 unspecified atom stereocenters. The highest BCUT2D eigenvalue weighted by Gasteiger charge is 2.54. The van der Waals surface area contributed by atoms with Crippen molar-refractivity contribution in [3.8, 4) is 23.1 Å². The normalized spacial score (nSPS) is 22.1. The molecule has 2 amide bonds. The summed E-state index contributed by atoms with van der Waals surface area (Å²) in [4.78, 5) is 28.8. The first-order valence-corrected chi connectivity index (χ1v) is 12.5. The molecule has 2 aromatic heterocycles. The topological polar surface area (TPSA) is 136 Å². The van der Waals surface area contributed by atoms with Gasteiger partial charge in [0, 0.05) is 36.1 Å². The number of hydrogen-bond acceptors (Lipinski definition) is 6. The monoisotopic (exact) mass is 498 g/mol. The van der Waals surface area contributed by atoms with E-state index >= 15 is 0 Å². The molecule has 2 aliphatic rings. The van der Waals surface area contributed by atoms with E-state index in [1.807, 2.05) is 16.9 Å². The number of nitriles is 1. The molecule has 2 aliphatic carbocycles. The van der Waals surface area contributed by atoms with E-state index < -0.39 is 5.91 Å². The number of benzene rings is 1. The molecule has 190 valence electrons. The third kappa shape index (κ3) is 5.19. The zero-order valence-corrected chi connectivity index (χ0v) is 21.0. The van der Waals surface area contributed by atoms with Gasteiger partial charge in [-0.2, -0.15) is 10.4 Å². The van der Waals surface area contributed by atoms with Gasteiger partial charge in [0.1, 0.15) is 11.7 Å². The summed E-state index contributed by atoms with van der Waals surface area (Å²) in [7, 11) is 0. The van der Waals surface area contributed by atoms with Crippen LogP contribution in [0.2, 0.25) is 0 Å². The lowest BCUT2D eigenvalue weighted by Crippen LogP contribution is -2.58. The van der Waals surface area contributed by atoms with Gasteiger partial charge in [-0.1, -0.05) is 13.8 Å². The van der Waals surface area contributed by atoms with Crippen molar-refractivity contribution < 1.29 is 14.3 Å². The molecule has 9 heteroatoms. The number of nitrogens with two attached hydrogens (primary N) is 1. The summed E-state index contributed by atoms with van der Waals surface area (Å²) < 4.78 is 7.81. The van der Waals surface area contributed by atoms with Crippen LogP contribution in [0.1, 0.15) is 65.8 Å². The molecule has 1 aromatic carbocycles. The first kappa shape index (κ1) is 24.5. The number of nitrogens with one attached hydrogen (secondary N) is 1. The van der Waals surface area contributed by atoms with E-state index in [-0.39, 0.29) is 34.9 Å². The van der Waals surface area contributed by atoms with E-state index in [9.17, 15) is 14.9 Å². The highest BCUT2D eigenvalue weighted by Crippen LogP contribution is 2.56. The zero-order valence-electron chi connectivity index (χ0n) is 21.0. The molecule has 2 fully saturated rings. The summed E-state index contributed by atoms with van der Waals surface area (Å²) in [6.45, 7) is 5.05. The number of pyridine rings is 1. The Morgan fingerprint density at radius 2 is 2.03 bits per heavy atom. The molecule has 9 nitrogen and oxygen atoms in total. The van der Waals surface area contributed by atoms with Crippen molar-refractivity contribution in [3.05, 3.63) is 65.6 Å². The highest BCUT2D eigenvalue weighted by atomic mass is 16.5. The number of carbonyl (C=O) groups is 2. The summed E-state index contributed by atoms with van der Waals surface area (Å²) >= 11 is 0. The molecular formula is C28H30N6O3. The van der Waals surface area contributed by atoms with Crippen molar-refractivity contribution in [2.24, 2.45) is 17.1 Å². The first-order chi connectivity index (χ1) is 17.7. The largest absolute Gasteiger partial charge is 0.474 e. The molecule has 0 aliphatic heterocycles. The van der Waals surface area contributed by atoms with Crippen molar-refractivity contribution in [2.45, 2.75) is 58.2 Å². The van der Waals surface area contributed by atoms with Crippen molar-refractivity contribution >= 4 is 11.8 Å². The van der Waals surface area contributed by atoms with Crippen LogP contribution in [0.3, 0.4) is 0 Å². The third-order valence-corrected chi connectivity index (χ3v) is 7.17. The average molecular weight is 499 g/mol. The Hall–Kier alpha value is -4.19. The van der Waals surface area contributed by atoms with Crippen LogP contribution in [0.15, 0.2) is 48.9 Å². The fourth-order valence-electron chi connectivity index (χ4n) is 5.49. The van der Waals surface area contributed by atoms with E-state index in [1.54, 1.807) is 36.7 Å². The van der Waals surface area contributed by atoms with Crippen LogP contribution in [0.25, 0.3) is 11.1 Å². The second-order valence-electron chi connectivity index (χ2n) is 10.7. The van der Waals surface area contributed by atoms with Crippen LogP contribution in [-0.4, -0.2) is 38.7 Å². The Morgan fingerprint density at radius 3 is 2.73 bits per heavy atom. The smallest absolute Gasteiger partial charge is 0.254 e. The van der Waals surface area contributed by atoms with Gasteiger partial charge in [0.2, 0.25) is 5.88 Å². The van der Waals surface area contributed by atoms with Crippen molar-refractivity contribution in [3.63, 3.8) is 0 Å². The number of carbonyl (C=O) groups excluding carboxylic acids is 2. The zero-order chi connectivity index (χ0) is 26.2. The summed E-state index contributed by atoms with van der Waals surface area (Å²) in [5.74, 6) is 0.00318. The van der Waals surface area contributed by atoms with E-state index in [1.165, 1.54) is 0 Å². The van der Waals surface area contributed by atoms with Crippen LogP contribution < -0.4 is 15.8 Å². The second-order valence-corrected chi connectivity index (χ2v) is 10.7. The maximum absolute atomic E-state index is 13.1. The van der Waals surface area contributed by atoms with E-state index in [2.05, 4.69) is 35.3 Å². The molecule has 2 heterocycles. The van der Waals surface area contributed by atoms with Crippen LogP contribution >= 0.6 is 0 Å². The average Bonchev–Trinajstić information content (AvgIpc) is 3.29. The van der Waals surface area contributed by atoms with Crippen LogP contribution in [0.4, 0.5) is 0 Å². The van der Waals surface area contributed by atoms with Gasteiger partial charge < -0.3 is 15.8 Å².